The normalized spacial score (nSPS) is 11.2. The summed E-state index contributed by atoms with van der Waals surface area (Å²) in [6.07, 6.45) is 3.06. The van der Waals surface area contributed by atoms with Crippen molar-refractivity contribution >= 4 is 41.5 Å². The Labute approximate surface area is 175 Å². The van der Waals surface area contributed by atoms with E-state index in [0.717, 1.165) is 32.4 Å². The van der Waals surface area contributed by atoms with Crippen molar-refractivity contribution in [2.45, 2.75) is 39.3 Å². The van der Waals surface area contributed by atoms with Crippen LogP contribution in [0.1, 0.15) is 31.7 Å². The molecule has 0 aliphatic rings. The minimum Gasteiger partial charge on any atom is -0.434 e. The van der Waals surface area contributed by atoms with Crippen LogP contribution in [-0.4, -0.2) is 39.4 Å². The van der Waals surface area contributed by atoms with Crippen molar-refractivity contribution < 1.29 is 18.3 Å². The second-order valence-electron chi connectivity index (χ2n) is 5.31. The van der Waals surface area contributed by atoms with E-state index in [4.69, 9.17) is 16.3 Å². The van der Waals surface area contributed by atoms with Crippen LogP contribution in [0.15, 0.2) is 23.2 Å². The van der Waals surface area contributed by atoms with Gasteiger partial charge in [0.2, 0.25) is 0 Å². The Morgan fingerprint density at radius 3 is 2.65 bits per heavy atom. The number of unbranched alkanes of at least 4 members (excludes halogenated alkanes) is 2. The fourth-order valence-electron chi connectivity index (χ4n) is 2.14. The topological polar surface area (TPSA) is 54.9 Å². The number of benzene rings is 1. The summed E-state index contributed by atoms with van der Waals surface area (Å²) in [6.45, 7) is 1.48. The van der Waals surface area contributed by atoms with Crippen molar-refractivity contribution in [2.75, 3.05) is 26.8 Å². The second-order valence-corrected chi connectivity index (χ2v) is 5.74. The van der Waals surface area contributed by atoms with Gasteiger partial charge in [-0.05, 0) is 44.4 Å². The van der Waals surface area contributed by atoms with E-state index in [1.807, 2.05) is 6.92 Å². The summed E-state index contributed by atoms with van der Waals surface area (Å²) >= 11 is 5.94. The Bertz CT molecular complexity index is 537. The highest BCUT2D eigenvalue weighted by atomic mass is 127. The maximum Gasteiger partial charge on any atom is 0.387 e. The van der Waals surface area contributed by atoms with Crippen LogP contribution in [0.3, 0.4) is 0 Å². The van der Waals surface area contributed by atoms with Crippen molar-refractivity contribution in [3.8, 4) is 5.75 Å². The van der Waals surface area contributed by atoms with Gasteiger partial charge in [0.05, 0.1) is 6.54 Å². The van der Waals surface area contributed by atoms with Crippen LogP contribution in [0.25, 0.3) is 0 Å². The quantitative estimate of drug-likeness (QED) is 0.202. The molecule has 5 nitrogen and oxygen atoms in total. The number of nitrogens with zero attached hydrogens (tertiary/aromatic N) is 1. The third kappa shape index (κ3) is 11.0. The standard InChI is InChI=1S/C17H26ClF2N3O2.HI/c1-3-21-17(22-9-5-4-6-10-24-2)23-12-13-11-14(18)7-8-15(13)25-16(19)20;/h7-8,11,16H,3-6,9-10,12H2,1-2H3,(H2,21,22,23);1H. The predicted octanol–water partition coefficient (Wildman–Crippen LogP) is 4.43. The number of halogens is 4. The second kappa shape index (κ2) is 15.2. The molecule has 9 heteroatoms. The first-order chi connectivity index (χ1) is 12.1. The molecule has 0 saturated carbocycles. The van der Waals surface area contributed by atoms with Crippen molar-refractivity contribution in [1.29, 1.82) is 0 Å². The van der Waals surface area contributed by atoms with E-state index in [-0.39, 0.29) is 36.3 Å². The molecule has 0 aromatic heterocycles. The molecule has 0 heterocycles. The maximum atomic E-state index is 12.5. The minimum absolute atomic E-state index is 0. The predicted molar refractivity (Wildman–Crippen MR) is 112 cm³/mol. The van der Waals surface area contributed by atoms with Gasteiger partial charge in [-0.1, -0.05) is 11.6 Å². The summed E-state index contributed by atoms with van der Waals surface area (Å²) in [6, 6.07) is 4.52. The number of aliphatic imine (C=N–C) groups is 1. The van der Waals surface area contributed by atoms with Crippen molar-refractivity contribution in [2.24, 2.45) is 4.99 Å². The maximum absolute atomic E-state index is 12.5. The molecule has 1 aromatic rings. The zero-order chi connectivity index (χ0) is 18.5. The Hall–Kier alpha value is -0.870. The lowest BCUT2D eigenvalue weighted by Crippen LogP contribution is -2.37. The summed E-state index contributed by atoms with van der Waals surface area (Å²) in [5.74, 6) is 0.704. The molecule has 1 rings (SSSR count). The largest absolute Gasteiger partial charge is 0.434 e. The zero-order valence-corrected chi connectivity index (χ0v) is 18.2. The van der Waals surface area contributed by atoms with Gasteiger partial charge in [0.15, 0.2) is 5.96 Å². The number of rotatable bonds is 11. The number of guanidine groups is 1. The molecular weight excluding hydrogens is 479 g/mol. The van der Waals surface area contributed by atoms with Gasteiger partial charge >= 0.3 is 6.61 Å². The molecule has 0 radical (unpaired) electrons. The fraction of sp³-hybridized carbons (Fsp3) is 0.588. The molecule has 1 aromatic carbocycles. The molecule has 0 unspecified atom stereocenters. The van der Waals surface area contributed by atoms with E-state index in [1.165, 1.54) is 12.1 Å². The third-order valence-corrected chi connectivity index (χ3v) is 3.54. The van der Waals surface area contributed by atoms with Crippen LogP contribution < -0.4 is 15.4 Å². The van der Waals surface area contributed by atoms with E-state index in [0.29, 0.717) is 23.1 Å². The van der Waals surface area contributed by atoms with Crippen molar-refractivity contribution in [3.63, 3.8) is 0 Å². The van der Waals surface area contributed by atoms with E-state index in [1.54, 1.807) is 13.2 Å². The SMILES string of the molecule is CCNC(=NCc1cc(Cl)ccc1OC(F)F)NCCCCCOC.I. The first-order valence-corrected chi connectivity index (χ1v) is 8.69. The first-order valence-electron chi connectivity index (χ1n) is 8.31. The van der Waals surface area contributed by atoms with Gasteiger partial charge in [0.25, 0.3) is 0 Å². The summed E-state index contributed by atoms with van der Waals surface area (Å²) in [5.41, 5.74) is 0.505. The van der Waals surface area contributed by atoms with Gasteiger partial charge in [0, 0.05) is 37.4 Å². The number of ether oxygens (including phenoxy) is 2. The summed E-state index contributed by atoms with van der Waals surface area (Å²) in [7, 11) is 1.69. The van der Waals surface area contributed by atoms with E-state index in [2.05, 4.69) is 20.4 Å². The molecule has 0 amide bonds. The number of hydrogen-bond acceptors (Lipinski definition) is 3. The van der Waals surface area contributed by atoms with E-state index >= 15 is 0 Å². The lowest BCUT2D eigenvalue weighted by molar-refractivity contribution is -0.0504. The van der Waals surface area contributed by atoms with Crippen molar-refractivity contribution in [3.05, 3.63) is 28.8 Å². The minimum atomic E-state index is -2.89. The molecule has 0 spiro atoms. The third-order valence-electron chi connectivity index (χ3n) is 3.31. The highest BCUT2D eigenvalue weighted by Crippen LogP contribution is 2.25. The van der Waals surface area contributed by atoms with Crippen LogP contribution in [0.5, 0.6) is 5.75 Å². The number of hydrogen-bond donors (Lipinski definition) is 2. The monoisotopic (exact) mass is 505 g/mol. The molecule has 0 aliphatic heterocycles. The van der Waals surface area contributed by atoms with Crippen LogP contribution in [0.4, 0.5) is 8.78 Å². The summed E-state index contributed by atoms with van der Waals surface area (Å²) in [5, 5.41) is 6.79. The molecule has 0 aliphatic carbocycles. The highest BCUT2D eigenvalue weighted by Gasteiger charge is 2.10. The average molecular weight is 506 g/mol. The zero-order valence-electron chi connectivity index (χ0n) is 15.1. The summed E-state index contributed by atoms with van der Waals surface area (Å²) in [4.78, 5) is 4.41. The molecule has 150 valence electrons. The lowest BCUT2D eigenvalue weighted by Gasteiger charge is -2.13. The number of methoxy groups -OCH3 is 1. The lowest BCUT2D eigenvalue weighted by atomic mass is 10.2. The van der Waals surface area contributed by atoms with Gasteiger partial charge in [-0.3, -0.25) is 0 Å². The molecule has 2 N–H and O–H groups in total. The molecule has 26 heavy (non-hydrogen) atoms. The van der Waals surface area contributed by atoms with Crippen LogP contribution in [-0.2, 0) is 11.3 Å². The van der Waals surface area contributed by atoms with Crippen molar-refractivity contribution in [1.82, 2.24) is 10.6 Å². The average Bonchev–Trinajstić information content (AvgIpc) is 2.57. The van der Waals surface area contributed by atoms with Crippen LogP contribution >= 0.6 is 35.6 Å². The Kier molecular flexibility index (Phi) is 14.7. The van der Waals surface area contributed by atoms with Gasteiger partial charge < -0.3 is 20.1 Å². The molecule has 0 atom stereocenters. The fourth-order valence-corrected chi connectivity index (χ4v) is 2.34. The van der Waals surface area contributed by atoms with Gasteiger partial charge in [-0.2, -0.15) is 8.78 Å². The molecule has 0 fully saturated rings. The smallest absolute Gasteiger partial charge is 0.387 e. The van der Waals surface area contributed by atoms with E-state index in [9.17, 15) is 8.78 Å². The van der Waals surface area contributed by atoms with Gasteiger partial charge in [-0.15, -0.1) is 24.0 Å². The van der Waals surface area contributed by atoms with Gasteiger partial charge in [-0.25, -0.2) is 4.99 Å². The van der Waals surface area contributed by atoms with Crippen LogP contribution in [0, 0.1) is 0 Å². The number of nitrogens with one attached hydrogen (secondary N) is 2. The first kappa shape index (κ1) is 25.1. The Morgan fingerprint density at radius 2 is 2.00 bits per heavy atom. The Morgan fingerprint density at radius 1 is 1.23 bits per heavy atom. The molecular formula is C17H27ClF2IN3O2. The van der Waals surface area contributed by atoms with Gasteiger partial charge in [0.1, 0.15) is 5.75 Å². The number of alkyl halides is 2. The Balaban J connectivity index is 0.00000625. The molecule has 0 saturated heterocycles. The van der Waals surface area contributed by atoms with Crippen LogP contribution in [0.2, 0.25) is 5.02 Å². The molecule has 0 bridgehead atoms. The van der Waals surface area contributed by atoms with E-state index < -0.39 is 6.61 Å². The summed E-state index contributed by atoms with van der Waals surface area (Å²) < 4.78 is 34.5. The highest BCUT2D eigenvalue weighted by molar-refractivity contribution is 14.0.